The smallest absolute Gasteiger partial charge is 0.285 e. The summed E-state index contributed by atoms with van der Waals surface area (Å²) in [5.41, 5.74) is 3.90. The van der Waals surface area contributed by atoms with Crippen LogP contribution in [0.4, 0.5) is 0 Å². The molecule has 0 aromatic carbocycles. The van der Waals surface area contributed by atoms with Crippen molar-refractivity contribution in [2.45, 2.75) is 27.2 Å². The van der Waals surface area contributed by atoms with Crippen LogP contribution in [-0.2, 0) is 6.42 Å². The first kappa shape index (κ1) is 15.0. The van der Waals surface area contributed by atoms with Gasteiger partial charge in [0.25, 0.3) is 11.5 Å². The van der Waals surface area contributed by atoms with Gasteiger partial charge in [-0.3, -0.25) is 19.8 Å². The highest BCUT2D eigenvalue weighted by molar-refractivity contribution is 5.93. The molecule has 3 heterocycles. The Morgan fingerprint density at radius 1 is 1.35 bits per heavy atom. The Labute approximate surface area is 131 Å². The molecule has 3 aromatic heterocycles. The molecular formula is C15H18N6O2. The summed E-state index contributed by atoms with van der Waals surface area (Å²) in [4.78, 5) is 28.6. The van der Waals surface area contributed by atoms with Gasteiger partial charge >= 0.3 is 0 Å². The first-order valence-corrected chi connectivity index (χ1v) is 7.33. The molecule has 23 heavy (non-hydrogen) atoms. The molecule has 3 rings (SSSR count). The quantitative estimate of drug-likeness (QED) is 0.657. The third-order valence-electron chi connectivity index (χ3n) is 3.81. The maximum atomic E-state index is 12.3. The zero-order valence-electron chi connectivity index (χ0n) is 13.2. The van der Waals surface area contributed by atoms with Crippen molar-refractivity contribution >= 4 is 11.6 Å². The molecule has 0 fully saturated rings. The van der Waals surface area contributed by atoms with Crippen LogP contribution in [0.5, 0.6) is 0 Å². The number of aryl methyl sites for hydroxylation is 3. The van der Waals surface area contributed by atoms with Crippen LogP contribution in [-0.4, -0.2) is 37.2 Å². The van der Waals surface area contributed by atoms with E-state index in [9.17, 15) is 9.59 Å². The predicted molar refractivity (Wildman–Crippen MR) is 84.6 cm³/mol. The van der Waals surface area contributed by atoms with Crippen molar-refractivity contribution in [1.29, 1.82) is 0 Å². The fraction of sp³-hybridized carbons (Fsp3) is 0.333. The number of fused-ring (bicyclic) bond motifs is 1. The maximum Gasteiger partial charge on any atom is 0.285 e. The number of carbonyl (C=O) groups excluding carboxylic acids is 1. The molecule has 0 unspecified atom stereocenters. The molecule has 0 aliphatic carbocycles. The Hall–Kier alpha value is -2.90. The zero-order valence-corrected chi connectivity index (χ0v) is 13.2. The van der Waals surface area contributed by atoms with Crippen LogP contribution >= 0.6 is 0 Å². The van der Waals surface area contributed by atoms with Crippen LogP contribution in [0.1, 0.15) is 33.0 Å². The molecular weight excluding hydrogens is 296 g/mol. The Morgan fingerprint density at radius 2 is 2.13 bits per heavy atom. The lowest BCUT2D eigenvalue weighted by Crippen LogP contribution is -2.33. The molecule has 0 saturated carbocycles. The zero-order chi connectivity index (χ0) is 16.6. The van der Waals surface area contributed by atoms with E-state index >= 15 is 0 Å². The first-order valence-electron chi connectivity index (χ1n) is 7.33. The van der Waals surface area contributed by atoms with Crippen LogP contribution in [0.3, 0.4) is 0 Å². The number of aromatic amines is 2. The van der Waals surface area contributed by atoms with Gasteiger partial charge < -0.3 is 5.32 Å². The average molecular weight is 314 g/mol. The average Bonchev–Trinajstić information content (AvgIpc) is 3.04. The number of hydrogen-bond donors (Lipinski definition) is 3. The topological polar surface area (TPSA) is 108 Å². The molecule has 0 radical (unpaired) electrons. The number of H-pyrrole nitrogens is 2. The normalized spacial score (nSPS) is 11.1. The summed E-state index contributed by atoms with van der Waals surface area (Å²) in [7, 11) is 0. The lowest BCUT2D eigenvalue weighted by Gasteiger charge is -2.05. The minimum atomic E-state index is -0.428. The van der Waals surface area contributed by atoms with E-state index in [1.54, 1.807) is 6.07 Å². The van der Waals surface area contributed by atoms with Crippen molar-refractivity contribution in [3.8, 4) is 0 Å². The van der Waals surface area contributed by atoms with E-state index in [2.05, 4.69) is 25.6 Å². The second kappa shape index (κ2) is 5.71. The lowest BCUT2D eigenvalue weighted by atomic mass is 10.1. The van der Waals surface area contributed by atoms with Crippen molar-refractivity contribution in [1.82, 2.24) is 30.1 Å². The fourth-order valence-corrected chi connectivity index (χ4v) is 2.57. The summed E-state index contributed by atoms with van der Waals surface area (Å²) in [6, 6.07) is 1.74. The van der Waals surface area contributed by atoms with Crippen LogP contribution < -0.4 is 10.9 Å². The molecule has 0 aliphatic heterocycles. The number of hydrogen-bond acceptors (Lipinski definition) is 4. The molecule has 120 valence electrons. The molecule has 0 saturated heterocycles. The van der Waals surface area contributed by atoms with Gasteiger partial charge in [0.1, 0.15) is 5.56 Å². The number of rotatable bonds is 4. The summed E-state index contributed by atoms with van der Waals surface area (Å²) in [6.07, 6.45) is 1.97. The highest BCUT2D eigenvalue weighted by atomic mass is 16.2. The molecule has 0 aliphatic rings. The summed E-state index contributed by atoms with van der Waals surface area (Å²) in [5.74, 6) is -0.428. The molecule has 0 bridgehead atoms. The number of nitrogens with one attached hydrogen (secondary N) is 3. The van der Waals surface area contributed by atoms with Gasteiger partial charge in [-0.15, -0.1) is 0 Å². The number of aromatic nitrogens is 5. The van der Waals surface area contributed by atoms with Crippen molar-refractivity contribution in [3.63, 3.8) is 0 Å². The number of nitrogens with zero attached hydrogens (tertiary/aromatic N) is 3. The van der Waals surface area contributed by atoms with Gasteiger partial charge in [-0.2, -0.15) is 5.10 Å². The highest BCUT2D eigenvalue weighted by Gasteiger charge is 2.14. The summed E-state index contributed by atoms with van der Waals surface area (Å²) >= 11 is 0. The molecule has 8 nitrogen and oxygen atoms in total. The Morgan fingerprint density at radius 3 is 2.83 bits per heavy atom. The van der Waals surface area contributed by atoms with E-state index < -0.39 is 11.5 Å². The SMILES string of the molecule is Cc1cc2ncc(C(=O)NCCc3c(C)n[nH]c3C)c(=O)n2[nH]1. The first-order chi connectivity index (χ1) is 11.0. The molecule has 8 heteroatoms. The predicted octanol–water partition coefficient (Wildman–Crippen LogP) is 0.643. The van der Waals surface area contributed by atoms with Crippen LogP contribution in [0.2, 0.25) is 0 Å². The highest BCUT2D eigenvalue weighted by Crippen LogP contribution is 2.09. The second-order valence-electron chi connectivity index (χ2n) is 5.53. The van der Waals surface area contributed by atoms with Crippen molar-refractivity contribution in [2.75, 3.05) is 6.54 Å². The minimum absolute atomic E-state index is 0.0185. The number of amides is 1. The Bertz CT molecular complexity index is 914. The molecule has 0 atom stereocenters. The van der Waals surface area contributed by atoms with E-state index in [1.165, 1.54) is 10.7 Å². The largest absolute Gasteiger partial charge is 0.351 e. The lowest BCUT2D eigenvalue weighted by molar-refractivity contribution is 0.0952. The van der Waals surface area contributed by atoms with E-state index in [4.69, 9.17) is 0 Å². The van der Waals surface area contributed by atoms with Gasteiger partial charge in [0.05, 0.1) is 5.69 Å². The molecule has 0 spiro atoms. The molecule has 3 aromatic rings. The van der Waals surface area contributed by atoms with Crippen LogP contribution in [0.25, 0.3) is 5.65 Å². The van der Waals surface area contributed by atoms with Gasteiger partial charge in [0, 0.05) is 30.2 Å². The summed E-state index contributed by atoms with van der Waals surface area (Å²) < 4.78 is 1.27. The van der Waals surface area contributed by atoms with Gasteiger partial charge in [0.2, 0.25) is 0 Å². The Kier molecular flexibility index (Phi) is 3.73. The van der Waals surface area contributed by atoms with E-state index in [-0.39, 0.29) is 5.56 Å². The third kappa shape index (κ3) is 2.75. The monoisotopic (exact) mass is 314 g/mol. The fourth-order valence-electron chi connectivity index (χ4n) is 2.57. The van der Waals surface area contributed by atoms with E-state index in [0.717, 1.165) is 22.6 Å². The van der Waals surface area contributed by atoms with Crippen molar-refractivity contribution < 1.29 is 4.79 Å². The van der Waals surface area contributed by atoms with Gasteiger partial charge in [-0.1, -0.05) is 0 Å². The number of carbonyl (C=O) groups is 1. The second-order valence-corrected chi connectivity index (χ2v) is 5.53. The van der Waals surface area contributed by atoms with Crippen molar-refractivity contribution in [2.24, 2.45) is 0 Å². The van der Waals surface area contributed by atoms with Crippen LogP contribution in [0.15, 0.2) is 17.1 Å². The van der Waals surface area contributed by atoms with Crippen LogP contribution in [0, 0.1) is 20.8 Å². The van der Waals surface area contributed by atoms with Crippen molar-refractivity contribution in [3.05, 3.63) is 50.8 Å². The Balaban J connectivity index is 1.74. The van der Waals surface area contributed by atoms with E-state index in [1.807, 2.05) is 20.8 Å². The maximum absolute atomic E-state index is 12.3. The summed E-state index contributed by atoms with van der Waals surface area (Å²) in [5, 5.41) is 12.6. The van der Waals surface area contributed by atoms with E-state index in [0.29, 0.717) is 18.6 Å². The molecule has 1 amide bonds. The summed E-state index contributed by atoms with van der Waals surface area (Å²) in [6.45, 7) is 6.10. The molecule has 3 N–H and O–H groups in total. The van der Waals surface area contributed by atoms with Gasteiger partial charge in [-0.05, 0) is 32.8 Å². The van der Waals surface area contributed by atoms with Gasteiger partial charge in [-0.25, -0.2) is 9.50 Å². The minimum Gasteiger partial charge on any atom is -0.351 e. The third-order valence-corrected chi connectivity index (χ3v) is 3.81. The standard InChI is InChI=1S/C15H18N6O2/c1-8-6-13-17-7-12(15(23)21(13)20-8)14(22)16-5-4-11-9(2)18-19-10(11)3/h6-7,20H,4-5H2,1-3H3,(H,16,22)(H,18,19). The van der Waals surface area contributed by atoms with Gasteiger partial charge in [0.15, 0.2) is 5.65 Å².